The molecule has 0 fully saturated rings. The summed E-state index contributed by atoms with van der Waals surface area (Å²) < 4.78 is 0. The molecular formula is C13H14N2O3S. The summed E-state index contributed by atoms with van der Waals surface area (Å²) in [7, 11) is 1.78. The molecule has 19 heavy (non-hydrogen) atoms. The fourth-order valence-corrected chi connectivity index (χ4v) is 2.78. The van der Waals surface area contributed by atoms with Crippen LogP contribution < -0.4 is 4.90 Å². The molecule has 0 saturated heterocycles. The number of hydrogen-bond acceptors (Lipinski definition) is 5. The highest BCUT2D eigenvalue weighted by Gasteiger charge is 2.24. The van der Waals surface area contributed by atoms with Gasteiger partial charge in [-0.05, 0) is 19.1 Å². The van der Waals surface area contributed by atoms with Crippen LogP contribution >= 0.6 is 11.3 Å². The van der Waals surface area contributed by atoms with Gasteiger partial charge in [-0.3, -0.25) is 10.1 Å². The van der Waals surface area contributed by atoms with Crippen molar-refractivity contribution >= 4 is 27.7 Å². The summed E-state index contributed by atoms with van der Waals surface area (Å²) in [5.74, 6) is 0. The number of nitro groups is 1. The topological polar surface area (TPSA) is 66.6 Å². The molecule has 2 aromatic rings. The number of hydrogen-bond donors (Lipinski definition) is 1. The summed E-state index contributed by atoms with van der Waals surface area (Å²) in [6, 6.07) is 10.8. The van der Waals surface area contributed by atoms with E-state index in [1.165, 1.54) is 17.4 Å². The molecule has 1 aromatic heterocycles. The molecule has 2 rings (SSSR count). The van der Waals surface area contributed by atoms with Gasteiger partial charge in [-0.25, -0.2) is 0 Å². The summed E-state index contributed by atoms with van der Waals surface area (Å²) in [5, 5.41) is 21.2. The Morgan fingerprint density at radius 3 is 2.53 bits per heavy atom. The molecule has 100 valence electrons. The summed E-state index contributed by atoms with van der Waals surface area (Å²) in [6.07, 6.45) is -0.707. The molecular weight excluding hydrogens is 264 g/mol. The maximum Gasteiger partial charge on any atom is 0.304 e. The Balaban J connectivity index is 2.46. The molecule has 0 radical (unpaired) electrons. The van der Waals surface area contributed by atoms with Crippen molar-refractivity contribution in [3.63, 3.8) is 0 Å². The third-order valence-corrected chi connectivity index (χ3v) is 4.14. The van der Waals surface area contributed by atoms with Crippen molar-refractivity contribution in [3.05, 3.63) is 51.4 Å². The van der Waals surface area contributed by atoms with Gasteiger partial charge in [0.05, 0.1) is 11.0 Å². The second kappa shape index (κ2) is 5.38. The molecule has 6 heteroatoms. The van der Waals surface area contributed by atoms with Gasteiger partial charge in [0.2, 0.25) is 0 Å². The van der Waals surface area contributed by atoms with Crippen LogP contribution in [0, 0.1) is 10.1 Å². The molecule has 0 amide bonds. The number of aliphatic hydroxyl groups is 1. The molecule has 0 saturated carbocycles. The number of thiophene rings is 1. The third kappa shape index (κ3) is 2.74. The molecule has 0 bridgehead atoms. The summed E-state index contributed by atoms with van der Waals surface area (Å²) in [4.78, 5) is 13.0. The van der Waals surface area contributed by atoms with Crippen LogP contribution in [-0.4, -0.2) is 17.1 Å². The zero-order valence-electron chi connectivity index (χ0n) is 10.6. The maximum absolute atomic E-state index is 11.1. The number of benzene rings is 1. The summed E-state index contributed by atoms with van der Waals surface area (Å²) in [6.45, 7) is 1.60. The molecule has 0 aliphatic rings. The molecule has 5 nitrogen and oxygen atoms in total. The van der Waals surface area contributed by atoms with E-state index in [9.17, 15) is 15.2 Å². The first-order valence-corrected chi connectivity index (χ1v) is 6.57. The lowest BCUT2D eigenvalue weighted by atomic mass is 10.3. The summed E-state index contributed by atoms with van der Waals surface area (Å²) in [5.41, 5.74) is 0.886. The Morgan fingerprint density at radius 1 is 1.37 bits per heavy atom. The van der Waals surface area contributed by atoms with E-state index in [-0.39, 0.29) is 5.69 Å². The quantitative estimate of drug-likeness (QED) is 0.687. The number of para-hydroxylation sites is 1. The standard InChI is InChI=1S/C13H14N2O3S/c1-9(16)12-8-11(15(17)18)13(19-12)14(2)10-6-4-3-5-7-10/h3-9,16H,1-2H3. The van der Waals surface area contributed by atoms with Crippen LogP contribution in [0.2, 0.25) is 0 Å². The monoisotopic (exact) mass is 278 g/mol. The lowest BCUT2D eigenvalue weighted by Crippen LogP contribution is -2.09. The van der Waals surface area contributed by atoms with Crippen molar-refractivity contribution in [3.8, 4) is 0 Å². The molecule has 0 aliphatic carbocycles. The lowest BCUT2D eigenvalue weighted by molar-refractivity contribution is -0.383. The van der Waals surface area contributed by atoms with Gasteiger partial charge in [0.1, 0.15) is 0 Å². The Morgan fingerprint density at radius 2 is 2.00 bits per heavy atom. The third-order valence-electron chi connectivity index (χ3n) is 2.77. The van der Waals surface area contributed by atoms with Gasteiger partial charge in [0.25, 0.3) is 0 Å². The van der Waals surface area contributed by atoms with Crippen LogP contribution in [0.15, 0.2) is 36.4 Å². The molecule has 1 heterocycles. The minimum Gasteiger partial charge on any atom is -0.388 e. The second-order valence-electron chi connectivity index (χ2n) is 4.17. The van der Waals surface area contributed by atoms with Crippen LogP contribution in [0.1, 0.15) is 17.9 Å². The van der Waals surface area contributed by atoms with E-state index >= 15 is 0 Å². The predicted octanol–water partition coefficient (Wildman–Crippen LogP) is 3.48. The van der Waals surface area contributed by atoms with E-state index in [0.29, 0.717) is 9.88 Å². The summed E-state index contributed by atoms with van der Waals surface area (Å²) >= 11 is 1.23. The highest BCUT2D eigenvalue weighted by Crippen LogP contribution is 2.42. The van der Waals surface area contributed by atoms with E-state index < -0.39 is 11.0 Å². The second-order valence-corrected chi connectivity index (χ2v) is 5.23. The number of rotatable bonds is 4. The van der Waals surface area contributed by atoms with E-state index in [0.717, 1.165) is 5.69 Å². The lowest BCUT2D eigenvalue weighted by Gasteiger charge is -2.16. The first kappa shape index (κ1) is 13.5. The first-order valence-electron chi connectivity index (χ1n) is 5.75. The van der Waals surface area contributed by atoms with Gasteiger partial charge in [-0.2, -0.15) is 0 Å². The Bertz CT molecular complexity index is 581. The zero-order valence-corrected chi connectivity index (χ0v) is 11.4. The molecule has 1 unspecified atom stereocenters. The minimum absolute atomic E-state index is 0.0206. The van der Waals surface area contributed by atoms with Crippen molar-refractivity contribution in [2.45, 2.75) is 13.0 Å². The first-order chi connectivity index (χ1) is 9.00. The molecule has 1 atom stereocenters. The van der Waals surface area contributed by atoms with Gasteiger partial charge in [0.15, 0.2) is 5.00 Å². The van der Waals surface area contributed by atoms with Crippen LogP contribution in [0.25, 0.3) is 0 Å². The Labute approximate surface area is 114 Å². The normalized spacial score (nSPS) is 12.2. The van der Waals surface area contributed by atoms with Crippen molar-refractivity contribution in [1.29, 1.82) is 0 Å². The smallest absolute Gasteiger partial charge is 0.304 e. The zero-order chi connectivity index (χ0) is 14.0. The van der Waals surface area contributed by atoms with E-state index in [1.807, 2.05) is 30.3 Å². The van der Waals surface area contributed by atoms with Crippen LogP contribution in [0.3, 0.4) is 0 Å². The van der Waals surface area contributed by atoms with E-state index in [1.54, 1.807) is 18.9 Å². The van der Waals surface area contributed by atoms with Gasteiger partial charge < -0.3 is 10.0 Å². The maximum atomic E-state index is 11.1. The molecule has 1 aromatic carbocycles. The van der Waals surface area contributed by atoms with Gasteiger partial charge in [0, 0.05) is 23.7 Å². The van der Waals surface area contributed by atoms with Crippen molar-refractivity contribution in [1.82, 2.24) is 0 Å². The van der Waals surface area contributed by atoms with Crippen molar-refractivity contribution < 1.29 is 10.0 Å². The SMILES string of the molecule is CC(O)c1cc([N+](=O)[O-])c(N(C)c2ccccc2)s1. The predicted molar refractivity (Wildman–Crippen MR) is 76.1 cm³/mol. The van der Waals surface area contributed by atoms with Gasteiger partial charge >= 0.3 is 5.69 Å². The van der Waals surface area contributed by atoms with Crippen LogP contribution in [0.4, 0.5) is 16.4 Å². The highest BCUT2D eigenvalue weighted by atomic mass is 32.1. The molecule has 1 N–H and O–H groups in total. The minimum atomic E-state index is -0.707. The van der Waals surface area contributed by atoms with E-state index in [2.05, 4.69) is 0 Å². The fraction of sp³-hybridized carbons (Fsp3) is 0.231. The van der Waals surface area contributed by atoms with Crippen molar-refractivity contribution in [2.75, 3.05) is 11.9 Å². The number of nitrogens with zero attached hydrogens (tertiary/aromatic N) is 2. The molecule has 0 aliphatic heterocycles. The number of anilines is 2. The average Bonchev–Trinajstić information content (AvgIpc) is 2.84. The van der Waals surface area contributed by atoms with E-state index in [4.69, 9.17) is 0 Å². The Kier molecular flexibility index (Phi) is 3.82. The van der Waals surface area contributed by atoms with Crippen LogP contribution in [0.5, 0.6) is 0 Å². The largest absolute Gasteiger partial charge is 0.388 e. The Hall–Kier alpha value is -1.92. The van der Waals surface area contributed by atoms with Crippen LogP contribution in [-0.2, 0) is 0 Å². The van der Waals surface area contributed by atoms with Gasteiger partial charge in [-0.15, -0.1) is 11.3 Å². The van der Waals surface area contributed by atoms with Crippen molar-refractivity contribution in [2.24, 2.45) is 0 Å². The molecule has 0 spiro atoms. The average molecular weight is 278 g/mol. The number of aliphatic hydroxyl groups excluding tert-OH is 1. The highest BCUT2D eigenvalue weighted by molar-refractivity contribution is 7.16. The van der Waals surface area contributed by atoms with Gasteiger partial charge in [-0.1, -0.05) is 18.2 Å². The fourth-order valence-electron chi connectivity index (χ4n) is 1.74.